The van der Waals surface area contributed by atoms with Crippen LogP contribution < -0.4 is 0 Å². The molecule has 2 saturated heterocycles. The van der Waals surface area contributed by atoms with Crippen molar-refractivity contribution in [2.75, 3.05) is 20.1 Å². The minimum absolute atomic E-state index is 0.0321. The molecular formula is C17H20F2N2O3. The van der Waals surface area contributed by atoms with Gasteiger partial charge < -0.3 is 10.0 Å². The van der Waals surface area contributed by atoms with Crippen molar-refractivity contribution in [1.82, 2.24) is 9.80 Å². The highest BCUT2D eigenvalue weighted by Gasteiger charge is 2.55. The van der Waals surface area contributed by atoms with Crippen LogP contribution in [-0.2, 0) is 16.1 Å². The molecule has 2 fully saturated rings. The topological polar surface area (TPSA) is 60.9 Å². The van der Waals surface area contributed by atoms with Gasteiger partial charge >= 0.3 is 5.97 Å². The quantitative estimate of drug-likeness (QED) is 0.914. The highest BCUT2D eigenvalue weighted by Crippen LogP contribution is 2.43. The van der Waals surface area contributed by atoms with Crippen LogP contribution in [0.1, 0.15) is 24.8 Å². The minimum atomic E-state index is -0.947. The lowest BCUT2D eigenvalue weighted by Crippen LogP contribution is -2.55. The van der Waals surface area contributed by atoms with Gasteiger partial charge in [0.15, 0.2) is 11.6 Å². The zero-order chi connectivity index (χ0) is 17.5. The molecule has 0 aliphatic carbocycles. The number of aliphatic carboxylic acids is 1. The summed E-state index contributed by atoms with van der Waals surface area (Å²) in [6.07, 6.45) is 1.07. The van der Waals surface area contributed by atoms with Crippen molar-refractivity contribution in [3.63, 3.8) is 0 Å². The van der Waals surface area contributed by atoms with Gasteiger partial charge in [-0.2, -0.15) is 0 Å². The summed E-state index contributed by atoms with van der Waals surface area (Å²) in [5.74, 6) is -3.50. The highest BCUT2D eigenvalue weighted by atomic mass is 19.2. The van der Waals surface area contributed by atoms with E-state index in [0.29, 0.717) is 25.9 Å². The van der Waals surface area contributed by atoms with Crippen LogP contribution in [0, 0.1) is 17.6 Å². The van der Waals surface area contributed by atoms with Gasteiger partial charge in [0.25, 0.3) is 0 Å². The number of halogens is 2. The van der Waals surface area contributed by atoms with Crippen LogP contribution in [0.5, 0.6) is 0 Å². The fraction of sp³-hybridized carbons (Fsp3) is 0.529. The molecule has 24 heavy (non-hydrogen) atoms. The Morgan fingerprint density at radius 2 is 2.00 bits per heavy atom. The van der Waals surface area contributed by atoms with E-state index < -0.39 is 29.1 Å². The Morgan fingerprint density at radius 1 is 1.33 bits per heavy atom. The average molecular weight is 338 g/mol. The average Bonchev–Trinajstić information content (AvgIpc) is 2.79. The third-order valence-electron chi connectivity index (χ3n) is 5.51. The van der Waals surface area contributed by atoms with Gasteiger partial charge in [0.05, 0.1) is 11.5 Å². The first-order valence-electron chi connectivity index (χ1n) is 8.00. The molecule has 1 spiro atoms. The van der Waals surface area contributed by atoms with E-state index in [-0.39, 0.29) is 24.4 Å². The molecule has 2 aliphatic heterocycles. The monoisotopic (exact) mass is 338 g/mol. The molecule has 2 aliphatic rings. The Kier molecular flexibility index (Phi) is 4.29. The van der Waals surface area contributed by atoms with Gasteiger partial charge in [-0.05, 0) is 18.9 Å². The molecule has 5 nitrogen and oxygen atoms in total. The molecule has 3 rings (SSSR count). The van der Waals surface area contributed by atoms with Gasteiger partial charge in [-0.3, -0.25) is 14.5 Å². The Bertz CT molecular complexity index is 672. The molecule has 1 aromatic rings. The first-order chi connectivity index (χ1) is 11.3. The summed E-state index contributed by atoms with van der Waals surface area (Å²) in [6, 6.07) is 4.11. The molecule has 1 amide bonds. The third kappa shape index (κ3) is 2.66. The van der Waals surface area contributed by atoms with Crippen LogP contribution in [-0.4, -0.2) is 52.5 Å². The molecule has 0 aromatic heterocycles. The van der Waals surface area contributed by atoms with Crippen molar-refractivity contribution in [3.8, 4) is 0 Å². The second-order valence-corrected chi connectivity index (χ2v) is 6.64. The van der Waals surface area contributed by atoms with E-state index in [1.807, 2.05) is 4.90 Å². The summed E-state index contributed by atoms with van der Waals surface area (Å²) in [5.41, 5.74) is -0.378. The Labute approximate surface area is 138 Å². The van der Waals surface area contributed by atoms with Crippen molar-refractivity contribution in [2.45, 2.75) is 31.3 Å². The van der Waals surface area contributed by atoms with Gasteiger partial charge in [0.2, 0.25) is 5.91 Å². The predicted octanol–water partition coefficient (Wildman–Crippen LogP) is 1.86. The summed E-state index contributed by atoms with van der Waals surface area (Å²) >= 11 is 0. The number of carboxylic acids is 1. The smallest absolute Gasteiger partial charge is 0.309 e. The van der Waals surface area contributed by atoms with E-state index in [4.69, 9.17) is 0 Å². The molecule has 130 valence electrons. The maximum Gasteiger partial charge on any atom is 0.309 e. The molecule has 1 unspecified atom stereocenters. The number of hydrogen-bond acceptors (Lipinski definition) is 3. The van der Waals surface area contributed by atoms with Crippen LogP contribution >= 0.6 is 0 Å². The molecular weight excluding hydrogens is 318 g/mol. The largest absolute Gasteiger partial charge is 0.481 e. The molecule has 0 bridgehead atoms. The number of nitrogens with zero attached hydrogens (tertiary/aromatic N) is 2. The van der Waals surface area contributed by atoms with Crippen molar-refractivity contribution in [3.05, 3.63) is 35.4 Å². The molecule has 0 saturated carbocycles. The number of hydrogen-bond donors (Lipinski definition) is 1. The van der Waals surface area contributed by atoms with Gasteiger partial charge in [-0.1, -0.05) is 12.1 Å². The Hall–Kier alpha value is -2.02. The zero-order valence-corrected chi connectivity index (χ0v) is 13.5. The zero-order valence-electron chi connectivity index (χ0n) is 13.5. The summed E-state index contributed by atoms with van der Waals surface area (Å²) in [6.45, 7) is 1.35. The van der Waals surface area contributed by atoms with Crippen molar-refractivity contribution >= 4 is 11.9 Å². The molecule has 7 heteroatoms. The Balaban J connectivity index is 1.72. The number of rotatable bonds is 3. The number of carbonyl (C=O) groups is 2. The van der Waals surface area contributed by atoms with E-state index in [1.165, 1.54) is 6.07 Å². The minimum Gasteiger partial charge on any atom is -0.481 e. The van der Waals surface area contributed by atoms with E-state index in [1.54, 1.807) is 18.0 Å². The van der Waals surface area contributed by atoms with E-state index in [9.17, 15) is 23.5 Å². The first-order valence-corrected chi connectivity index (χ1v) is 8.00. The predicted molar refractivity (Wildman–Crippen MR) is 82.1 cm³/mol. The fourth-order valence-corrected chi connectivity index (χ4v) is 3.99. The molecule has 1 atom stereocenters. The summed E-state index contributed by atoms with van der Waals surface area (Å²) in [7, 11) is 1.66. The third-order valence-corrected chi connectivity index (χ3v) is 5.51. The lowest BCUT2D eigenvalue weighted by atomic mass is 9.77. The number of likely N-dealkylation sites (tertiary alicyclic amines) is 2. The SMILES string of the molecule is CN1C(=O)CC(C(=O)O)C12CCN(Cc1cccc(F)c1F)CC2. The molecule has 2 heterocycles. The standard InChI is InChI=1S/C17H20F2N2O3/c1-20-14(22)9-12(16(23)24)17(20)5-7-21(8-6-17)10-11-3-2-4-13(18)15(11)19/h2-4,12H,5-10H2,1H3,(H,23,24). The molecule has 1 aromatic carbocycles. The van der Waals surface area contributed by atoms with Gasteiger partial charge in [0, 0.05) is 38.7 Å². The van der Waals surface area contributed by atoms with Crippen LogP contribution in [0.4, 0.5) is 8.78 Å². The van der Waals surface area contributed by atoms with E-state index in [0.717, 1.165) is 6.07 Å². The second kappa shape index (κ2) is 6.12. The fourth-order valence-electron chi connectivity index (χ4n) is 3.99. The number of amides is 1. The summed E-state index contributed by atoms with van der Waals surface area (Å²) in [5, 5.41) is 9.45. The molecule has 0 radical (unpaired) electrons. The van der Waals surface area contributed by atoms with Crippen LogP contribution in [0.3, 0.4) is 0 Å². The normalized spacial score (nSPS) is 23.9. The number of carbonyl (C=O) groups excluding carboxylic acids is 1. The molecule has 1 N–H and O–H groups in total. The lowest BCUT2D eigenvalue weighted by Gasteiger charge is -2.45. The van der Waals surface area contributed by atoms with Crippen molar-refractivity contribution in [1.29, 1.82) is 0 Å². The number of carboxylic acid groups (broad SMARTS) is 1. The van der Waals surface area contributed by atoms with Gasteiger partial charge in [-0.25, -0.2) is 8.78 Å². The maximum atomic E-state index is 13.8. The van der Waals surface area contributed by atoms with E-state index >= 15 is 0 Å². The summed E-state index contributed by atoms with van der Waals surface area (Å²) < 4.78 is 27.1. The first kappa shape index (κ1) is 16.8. The lowest BCUT2D eigenvalue weighted by molar-refractivity contribution is -0.146. The number of benzene rings is 1. The highest BCUT2D eigenvalue weighted by molar-refractivity contribution is 5.88. The van der Waals surface area contributed by atoms with Gasteiger partial charge in [-0.15, -0.1) is 0 Å². The van der Waals surface area contributed by atoms with Crippen molar-refractivity contribution < 1.29 is 23.5 Å². The number of piperidine rings is 1. The van der Waals surface area contributed by atoms with Crippen LogP contribution in [0.25, 0.3) is 0 Å². The van der Waals surface area contributed by atoms with E-state index in [2.05, 4.69) is 0 Å². The second-order valence-electron chi connectivity index (χ2n) is 6.64. The van der Waals surface area contributed by atoms with Crippen LogP contribution in [0.2, 0.25) is 0 Å². The van der Waals surface area contributed by atoms with Crippen LogP contribution in [0.15, 0.2) is 18.2 Å². The maximum absolute atomic E-state index is 13.8. The van der Waals surface area contributed by atoms with Gasteiger partial charge in [0.1, 0.15) is 0 Å². The Morgan fingerprint density at radius 3 is 2.62 bits per heavy atom. The van der Waals surface area contributed by atoms with Crippen molar-refractivity contribution in [2.24, 2.45) is 5.92 Å². The summed E-state index contributed by atoms with van der Waals surface area (Å²) in [4.78, 5) is 27.1.